The van der Waals surface area contributed by atoms with Crippen LogP contribution in [0.3, 0.4) is 0 Å². The molecule has 1 saturated heterocycles. The fourth-order valence-corrected chi connectivity index (χ4v) is 4.24. The quantitative estimate of drug-likeness (QED) is 0.799. The Morgan fingerprint density at radius 3 is 2.67 bits per heavy atom. The standard InChI is InChI=1S/C16H24N2O5S/c1-3-8-24(21,22)18-11-14(19)10-17(16(20)12-18)9-13-6-4-5-7-15(13)23-2/h4-7,14,19H,3,8-12H2,1-2H3. The van der Waals surface area contributed by atoms with Crippen LogP contribution in [0.2, 0.25) is 0 Å². The van der Waals surface area contributed by atoms with Crippen molar-refractivity contribution in [1.29, 1.82) is 0 Å². The highest BCUT2D eigenvalue weighted by Crippen LogP contribution is 2.21. The summed E-state index contributed by atoms with van der Waals surface area (Å²) in [5, 5.41) is 10.2. The van der Waals surface area contributed by atoms with Gasteiger partial charge in [0, 0.05) is 25.2 Å². The van der Waals surface area contributed by atoms with Gasteiger partial charge in [-0.25, -0.2) is 8.42 Å². The summed E-state index contributed by atoms with van der Waals surface area (Å²) in [7, 11) is -1.98. The number of aliphatic hydroxyl groups is 1. The topological polar surface area (TPSA) is 87.2 Å². The molecule has 1 fully saturated rings. The second-order valence-electron chi connectivity index (χ2n) is 5.85. The molecule has 134 valence electrons. The van der Waals surface area contributed by atoms with Crippen molar-refractivity contribution >= 4 is 15.9 Å². The van der Waals surface area contributed by atoms with E-state index in [4.69, 9.17) is 4.74 Å². The lowest BCUT2D eigenvalue weighted by Crippen LogP contribution is -2.40. The maximum atomic E-state index is 12.5. The number of β-amino-alcohol motifs (C(OH)–C–C–N with tert-alkyl or cyclic N) is 1. The van der Waals surface area contributed by atoms with E-state index in [1.165, 1.54) is 4.90 Å². The monoisotopic (exact) mass is 356 g/mol. The van der Waals surface area contributed by atoms with E-state index in [0.717, 1.165) is 9.87 Å². The van der Waals surface area contributed by atoms with Gasteiger partial charge in [0.25, 0.3) is 0 Å². The molecular weight excluding hydrogens is 332 g/mol. The first-order valence-electron chi connectivity index (χ1n) is 7.93. The van der Waals surface area contributed by atoms with Crippen molar-refractivity contribution in [3.05, 3.63) is 29.8 Å². The predicted molar refractivity (Wildman–Crippen MR) is 90.1 cm³/mol. The molecule has 2 rings (SSSR count). The SMILES string of the molecule is CCCS(=O)(=O)N1CC(=O)N(Cc2ccccc2OC)CC(O)C1. The van der Waals surface area contributed by atoms with Crippen LogP contribution in [-0.2, 0) is 21.4 Å². The van der Waals surface area contributed by atoms with Crippen molar-refractivity contribution in [3.8, 4) is 5.75 Å². The zero-order chi connectivity index (χ0) is 17.7. The average molecular weight is 356 g/mol. The van der Waals surface area contributed by atoms with Crippen LogP contribution in [0.4, 0.5) is 0 Å². The van der Waals surface area contributed by atoms with Gasteiger partial charge in [-0.1, -0.05) is 25.1 Å². The molecule has 0 aromatic heterocycles. The summed E-state index contributed by atoms with van der Waals surface area (Å²) in [5.41, 5.74) is 0.811. The minimum Gasteiger partial charge on any atom is -0.496 e. The summed E-state index contributed by atoms with van der Waals surface area (Å²) in [5.74, 6) is 0.302. The van der Waals surface area contributed by atoms with Gasteiger partial charge in [-0.05, 0) is 12.5 Å². The number of nitrogens with zero attached hydrogens (tertiary/aromatic N) is 2. The number of benzene rings is 1. The number of aliphatic hydroxyl groups excluding tert-OH is 1. The Hall–Kier alpha value is -1.64. The van der Waals surface area contributed by atoms with E-state index in [-0.39, 0.29) is 37.8 Å². The lowest BCUT2D eigenvalue weighted by atomic mass is 10.2. The van der Waals surface area contributed by atoms with Gasteiger partial charge in [0.15, 0.2) is 0 Å². The van der Waals surface area contributed by atoms with Gasteiger partial charge in [0.2, 0.25) is 15.9 Å². The van der Waals surface area contributed by atoms with Crippen molar-refractivity contribution in [3.63, 3.8) is 0 Å². The average Bonchev–Trinajstić information content (AvgIpc) is 2.67. The van der Waals surface area contributed by atoms with Crippen LogP contribution >= 0.6 is 0 Å². The molecule has 0 saturated carbocycles. The third-order valence-corrected chi connectivity index (χ3v) is 5.91. The lowest BCUT2D eigenvalue weighted by Gasteiger charge is -2.23. The van der Waals surface area contributed by atoms with E-state index >= 15 is 0 Å². The third kappa shape index (κ3) is 4.46. The molecule has 8 heteroatoms. The highest BCUT2D eigenvalue weighted by molar-refractivity contribution is 7.89. The molecule has 1 aliphatic heterocycles. The van der Waals surface area contributed by atoms with Gasteiger partial charge in [0.1, 0.15) is 5.75 Å². The van der Waals surface area contributed by atoms with Crippen LogP contribution in [0, 0.1) is 0 Å². The van der Waals surface area contributed by atoms with Crippen LogP contribution in [0.25, 0.3) is 0 Å². The van der Waals surface area contributed by atoms with Gasteiger partial charge in [-0.15, -0.1) is 0 Å². The molecule has 0 bridgehead atoms. The highest BCUT2D eigenvalue weighted by Gasteiger charge is 2.33. The third-order valence-electron chi connectivity index (χ3n) is 3.92. The number of para-hydroxylation sites is 1. The molecule has 0 spiro atoms. The molecule has 1 amide bonds. The molecule has 1 unspecified atom stereocenters. The second kappa shape index (κ2) is 7.96. The van der Waals surface area contributed by atoms with Crippen LogP contribution < -0.4 is 4.74 Å². The summed E-state index contributed by atoms with van der Waals surface area (Å²) in [6, 6.07) is 7.32. The molecule has 0 aliphatic carbocycles. The first kappa shape index (κ1) is 18.7. The molecule has 24 heavy (non-hydrogen) atoms. The van der Waals surface area contributed by atoms with E-state index in [2.05, 4.69) is 0 Å². The molecular formula is C16H24N2O5S. The zero-order valence-corrected chi connectivity index (χ0v) is 14.8. The van der Waals surface area contributed by atoms with E-state index < -0.39 is 16.1 Å². The Morgan fingerprint density at radius 1 is 1.29 bits per heavy atom. The van der Waals surface area contributed by atoms with E-state index in [1.807, 2.05) is 18.2 Å². The fraction of sp³-hybridized carbons (Fsp3) is 0.562. The van der Waals surface area contributed by atoms with Gasteiger partial charge in [-0.3, -0.25) is 4.79 Å². The number of amides is 1. The first-order valence-corrected chi connectivity index (χ1v) is 9.54. The Bertz CT molecular complexity index is 677. The van der Waals surface area contributed by atoms with Gasteiger partial charge in [-0.2, -0.15) is 4.31 Å². The van der Waals surface area contributed by atoms with Crippen LogP contribution in [0.5, 0.6) is 5.75 Å². The van der Waals surface area contributed by atoms with Crippen molar-refractivity contribution in [2.45, 2.75) is 26.0 Å². The number of rotatable bonds is 6. The zero-order valence-electron chi connectivity index (χ0n) is 14.0. The molecule has 1 aliphatic rings. The van der Waals surface area contributed by atoms with Crippen molar-refractivity contribution in [1.82, 2.24) is 9.21 Å². The Kier molecular flexibility index (Phi) is 6.20. The van der Waals surface area contributed by atoms with Crippen LogP contribution in [0.1, 0.15) is 18.9 Å². The van der Waals surface area contributed by atoms with Crippen LogP contribution in [0.15, 0.2) is 24.3 Å². The second-order valence-corrected chi connectivity index (χ2v) is 7.94. The minimum atomic E-state index is -3.53. The Labute approximate surface area is 142 Å². The number of carbonyl (C=O) groups excluding carboxylic acids is 1. The smallest absolute Gasteiger partial charge is 0.238 e. The Balaban J connectivity index is 2.18. The first-order chi connectivity index (χ1) is 11.4. The largest absolute Gasteiger partial charge is 0.496 e. The molecule has 1 heterocycles. The number of sulfonamides is 1. The Morgan fingerprint density at radius 2 is 2.00 bits per heavy atom. The van der Waals surface area contributed by atoms with E-state index in [0.29, 0.717) is 12.2 Å². The number of methoxy groups -OCH3 is 1. The van der Waals surface area contributed by atoms with E-state index in [9.17, 15) is 18.3 Å². The van der Waals surface area contributed by atoms with Crippen molar-refractivity contribution < 1.29 is 23.1 Å². The molecule has 1 atom stereocenters. The van der Waals surface area contributed by atoms with Crippen molar-refractivity contribution in [2.75, 3.05) is 32.5 Å². The number of hydrogen-bond acceptors (Lipinski definition) is 5. The maximum absolute atomic E-state index is 12.5. The molecule has 1 N–H and O–H groups in total. The maximum Gasteiger partial charge on any atom is 0.238 e. The van der Waals surface area contributed by atoms with Gasteiger partial charge < -0.3 is 14.7 Å². The summed E-state index contributed by atoms with van der Waals surface area (Å²) >= 11 is 0. The normalized spacial score (nSPS) is 20.0. The molecule has 1 aromatic carbocycles. The summed E-state index contributed by atoms with van der Waals surface area (Å²) in [6.45, 7) is 1.82. The van der Waals surface area contributed by atoms with Crippen molar-refractivity contribution in [2.24, 2.45) is 0 Å². The number of carbonyl (C=O) groups is 1. The minimum absolute atomic E-state index is 0.0283. The van der Waals surface area contributed by atoms with Gasteiger partial charge in [0.05, 0.1) is 25.5 Å². The summed E-state index contributed by atoms with van der Waals surface area (Å²) < 4.78 is 30.8. The molecule has 0 radical (unpaired) electrons. The summed E-state index contributed by atoms with van der Waals surface area (Å²) in [6.07, 6.45) is -0.452. The van der Waals surface area contributed by atoms with E-state index in [1.54, 1.807) is 20.1 Å². The number of hydrogen-bond donors (Lipinski definition) is 1. The van der Waals surface area contributed by atoms with Crippen LogP contribution in [-0.4, -0.2) is 67.2 Å². The predicted octanol–water partition coefficient (Wildman–Crippen LogP) is 0.440. The summed E-state index contributed by atoms with van der Waals surface area (Å²) in [4.78, 5) is 14.0. The van der Waals surface area contributed by atoms with Gasteiger partial charge >= 0.3 is 0 Å². The highest BCUT2D eigenvalue weighted by atomic mass is 32.2. The fourth-order valence-electron chi connectivity index (χ4n) is 2.76. The lowest BCUT2D eigenvalue weighted by molar-refractivity contribution is -0.131. The molecule has 7 nitrogen and oxygen atoms in total. The number of ether oxygens (including phenoxy) is 1. The molecule has 1 aromatic rings.